The lowest BCUT2D eigenvalue weighted by molar-refractivity contribution is -0.152. The third-order valence-electron chi connectivity index (χ3n) is 3.48. The SMILES string of the molecule is CCN(C(=O)CC(C)(C)C(=O)O)C1CCS(=O)(=O)C1. The maximum Gasteiger partial charge on any atom is 0.309 e. The number of aliphatic carboxylic acids is 1. The number of rotatable bonds is 5. The van der Waals surface area contributed by atoms with E-state index in [0.717, 1.165) is 0 Å². The van der Waals surface area contributed by atoms with E-state index in [2.05, 4.69) is 0 Å². The minimum absolute atomic E-state index is 0.0138. The first-order valence-corrected chi connectivity index (χ1v) is 8.14. The van der Waals surface area contributed by atoms with Gasteiger partial charge in [-0.05, 0) is 27.2 Å². The molecule has 0 aromatic heterocycles. The van der Waals surface area contributed by atoms with Crippen molar-refractivity contribution in [2.75, 3.05) is 18.1 Å². The molecule has 1 N–H and O–H groups in total. The van der Waals surface area contributed by atoms with Gasteiger partial charge in [0.25, 0.3) is 0 Å². The first-order chi connectivity index (χ1) is 8.59. The van der Waals surface area contributed by atoms with Gasteiger partial charge in [-0.1, -0.05) is 0 Å². The second-order valence-corrected chi connectivity index (χ2v) is 7.83. The van der Waals surface area contributed by atoms with Crippen molar-refractivity contribution in [2.24, 2.45) is 5.41 Å². The van der Waals surface area contributed by atoms with Crippen LogP contribution in [-0.4, -0.2) is 54.4 Å². The van der Waals surface area contributed by atoms with Crippen LogP contribution in [0.5, 0.6) is 0 Å². The van der Waals surface area contributed by atoms with E-state index in [-0.39, 0.29) is 29.9 Å². The van der Waals surface area contributed by atoms with E-state index in [9.17, 15) is 18.0 Å². The van der Waals surface area contributed by atoms with Crippen molar-refractivity contribution in [3.8, 4) is 0 Å². The Labute approximate surface area is 113 Å². The molecule has 1 heterocycles. The molecule has 0 aromatic carbocycles. The quantitative estimate of drug-likeness (QED) is 0.797. The molecule has 19 heavy (non-hydrogen) atoms. The van der Waals surface area contributed by atoms with E-state index in [1.54, 1.807) is 6.92 Å². The van der Waals surface area contributed by atoms with Crippen molar-refractivity contribution >= 4 is 21.7 Å². The zero-order valence-corrected chi connectivity index (χ0v) is 12.4. The van der Waals surface area contributed by atoms with Gasteiger partial charge in [-0.15, -0.1) is 0 Å². The number of carboxylic acid groups (broad SMARTS) is 1. The molecule has 6 nitrogen and oxygen atoms in total. The molecular weight excluding hydrogens is 270 g/mol. The molecule has 0 radical (unpaired) electrons. The molecule has 1 atom stereocenters. The van der Waals surface area contributed by atoms with Gasteiger partial charge in [-0.3, -0.25) is 9.59 Å². The molecule has 1 saturated heterocycles. The van der Waals surface area contributed by atoms with E-state index in [0.29, 0.717) is 13.0 Å². The van der Waals surface area contributed by atoms with Gasteiger partial charge in [0.1, 0.15) is 0 Å². The van der Waals surface area contributed by atoms with Gasteiger partial charge in [-0.2, -0.15) is 0 Å². The molecule has 1 fully saturated rings. The highest BCUT2D eigenvalue weighted by molar-refractivity contribution is 7.91. The van der Waals surface area contributed by atoms with Crippen LogP contribution in [0, 0.1) is 5.41 Å². The highest BCUT2D eigenvalue weighted by atomic mass is 32.2. The van der Waals surface area contributed by atoms with Crippen molar-refractivity contribution in [3.63, 3.8) is 0 Å². The lowest BCUT2D eigenvalue weighted by atomic mass is 9.88. The van der Waals surface area contributed by atoms with Gasteiger partial charge in [0.2, 0.25) is 5.91 Å². The van der Waals surface area contributed by atoms with Crippen LogP contribution in [0.1, 0.15) is 33.6 Å². The van der Waals surface area contributed by atoms with Crippen LogP contribution in [0.4, 0.5) is 0 Å². The predicted molar refractivity (Wildman–Crippen MR) is 70.5 cm³/mol. The summed E-state index contributed by atoms with van der Waals surface area (Å²) in [5.74, 6) is -1.24. The molecule has 1 aliphatic rings. The van der Waals surface area contributed by atoms with E-state index in [1.165, 1.54) is 18.7 Å². The summed E-state index contributed by atoms with van der Waals surface area (Å²) >= 11 is 0. The predicted octanol–water partition coefficient (Wildman–Crippen LogP) is 0.523. The van der Waals surface area contributed by atoms with Crippen LogP contribution in [0.3, 0.4) is 0 Å². The summed E-state index contributed by atoms with van der Waals surface area (Å²) in [6, 6.07) is -0.313. The first kappa shape index (κ1) is 15.9. The second-order valence-electron chi connectivity index (χ2n) is 5.60. The van der Waals surface area contributed by atoms with Crippen molar-refractivity contribution in [1.82, 2.24) is 4.90 Å². The molecule has 1 amide bonds. The summed E-state index contributed by atoms with van der Waals surface area (Å²) in [7, 11) is -3.05. The Morgan fingerprint density at radius 2 is 1.95 bits per heavy atom. The Hall–Kier alpha value is -1.11. The summed E-state index contributed by atoms with van der Waals surface area (Å²) in [6.45, 7) is 5.16. The topological polar surface area (TPSA) is 91.8 Å². The largest absolute Gasteiger partial charge is 0.481 e. The van der Waals surface area contributed by atoms with Crippen LogP contribution >= 0.6 is 0 Å². The van der Waals surface area contributed by atoms with E-state index < -0.39 is 21.2 Å². The minimum Gasteiger partial charge on any atom is -0.481 e. The number of carbonyl (C=O) groups excluding carboxylic acids is 1. The molecule has 1 aliphatic heterocycles. The van der Waals surface area contributed by atoms with Gasteiger partial charge in [0.15, 0.2) is 9.84 Å². The fraction of sp³-hybridized carbons (Fsp3) is 0.833. The summed E-state index contributed by atoms with van der Waals surface area (Å²) in [4.78, 5) is 24.7. The fourth-order valence-electron chi connectivity index (χ4n) is 2.21. The van der Waals surface area contributed by atoms with Gasteiger partial charge in [0.05, 0.1) is 16.9 Å². The maximum atomic E-state index is 12.2. The van der Waals surface area contributed by atoms with Crippen LogP contribution in [-0.2, 0) is 19.4 Å². The summed E-state index contributed by atoms with van der Waals surface area (Å²) in [5, 5.41) is 9.03. The number of hydrogen-bond acceptors (Lipinski definition) is 4. The van der Waals surface area contributed by atoms with Crippen molar-refractivity contribution in [3.05, 3.63) is 0 Å². The van der Waals surface area contributed by atoms with Crippen LogP contribution in [0.2, 0.25) is 0 Å². The van der Waals surface area contributed by atoms with Crippen molar-refractivity contribution < 1.29 is 23.1 Å². The summed E-state index contributed by atoms with van der Waals surface area (Å²) < 4.78 is 22.9. The molecule has 0 aromatic rings. The fourth-order valence-corrected chi connectivity index (χ4v) is 3.95. The normalized spacial score (nSPS) is 22.2. The summed E-state index contributed by atoms with van der Waals surface area (Å²) in [6.07, 6.45) is 0.322. The third-order valence-corrected chi connectivity index (χ3v) is 5.23. The van der Waals surface area contributed by atoms with E-state index >= 15 is 0 Å². The smallest absolute Gasteiger partial charge is 0.309 e. The maximum absolute atomic E-state index is 12.2. The van der Waals surface area contributed by atoms with E-state index in [1.807, 2.05) is 0 Å². The minimum atomic E-state index is -3.05. The number of nitrogens with zero attached hydrogens (tertiary/aromatic N) is 1. The van der Waals surface area contributed by atoms with Crippen LogP contribution in [0.25, 0.3) is 0 Å². The molecular formula is C12H21NO5S. The Bertz CT molecular complexity index is 469. The zero-order chi connectivity index (χ0) is 14.8. The first-order valence-electron chi connectivity index (χ1n) is 6.32. The number of sulfone groups is 1. The second kappa shape index (κ2) is 5.48. The van der Waals surface area contributed by atoms with Crippen molar-refractivity contribution in [1.29, 1.82) is 0 Å². The zero-order valence-electron chi connectivity index (χ0n) is 11.5. The van der Waals surface area contributed by atoms with E-state index in [4.69, 9.17) is 5.11 Å². The molecule has 0 bridgehead atoms. The lowest BCUT2D eigenvalue weighted by Gasteiger charge is -2.29. The molecule has 0 spiro atoms. The Balaban J connectivity index is 2.76. The average Bonchev–Trinajstić information content (AvgIpc) is 2.58. The Kier molecular flexibility index (Phi) is 4.60. The highest BCUT2D eigenvalue weighted by Crippen LogP contribution is 2.25. The molecule has 1 unspecified atom stereocenters. The molecule has 7 heteroatoms. The van der Waals surface area contributed by atoms with Crippen LogP contribution in [0.15, 0.2) is 0 Å². The molecule has 110 valence electrons. The van der Waals surface area contributed by atoms with Crippen molar-refractivity contribution in [2.45, 2.75) is 39.7 Å². The van der Waals surface area contributed by atoms with Gasteiger partial charge >= 0.3 is 5.97 Å². The number of amides is 1. The number of hydrogen-bond donors (Lipinski definition) is 1. The highest BCUT2D eigenvalue weighted by Gasteiger charge is 2.37. The monoisotopic (exact) mass is 291 g/mol. The lowest BCUT2D eigenvalue weighted by Crippen LogP contribution is -2.43. The van der Waals surface area contributed by atoms with Crippen LogP contribution < -0.4 is 0 Å². The molecule has 1 rings (SSSR count). The standard InChI is InChI=1S/C12H21NO5S/c1-4-13(9-5-6-19(17,18)8-9)10(14)7-12(2,3)11(15)16/h9H,4-8H2,1-3H3,(H,15,16). The average molecular weight is 291 g/mol. The Morgan fingerprint density at radius 1 is 1.37 bits per heavy atom. The van der Waals surface area contributed by atoms with Gasteiger partial charge in [0, 0.05) is 19.0 Å². The molecule has 0 aliphatic carbocycles. The number of carboxylic acids is 1. The Morgan fingerprint density at radius 3 is 2.32 bits per heavy atom. The third kappa shape index (κ3) is 3.92. The van der Waals surface area contributed by atoms with Gasteiger partial charge in [-0.25, -0.2) is 8.42 Å². The summed E-state index contributed by atoms with van der Waals surface area (Å²) in [5.41, 5.74) is -1.14. The number of carbonyl (C=O) groups is 2. The van der Waals surface area contributed by atoms with Gasteiger partial charge < -0.3 is 10.0 Å². The molecule has 0 saturated carbocycles.